The van der Waals surface area contributed by atoms with Gasteiger partial charge in [-0.05, 0) is 45.0 Å². The second-order valence-corrected chi connectivity index (χ2v) is 8.18. The molecular weight excluding hydrogens is 308 g/mol. The van der Waals surface area contributed by atoms with Crippen LogP contribution in [0.1, 0.15) is 25.1 Å². The quantitative estimate of drug-likeness (QED) is 0.628. The second kappa shape index (κ2) is 9.53. The molecule has 0 saturated carbocycles. The van der Waals surface area contributed by atoms with Crippen molar-refractivity contribution in [3.8, 4) is 0 Å². The van der Waals surface area contributed by atoms with E-state index >= 15 is 0 Å². The van der Waals surface area contributed by atoms with Crippen LogP contribution in [-0.2, 0) is 21.2 Å². The lowest BCUT2D eigenvalue weighted by molar-refractivity contribution is 0.138. The molecule has 0 atom stereocenters. The van der Waals surface area contributed by atoms with Gasteiger partial charge in [0.1, 0.15) is 4.21 Å². The Morgan fingerprint density at radius 3 is 2.71 bits per heavy atom. The van der Waals surface area contributed by atoms with Crippen LogP contribution in [0.15, 0.2) is 16.3 Å². The first kappa shape index (κ1) is 18.6. The number of hydrogen-bond acceptors (Lipinski definition) is 5. The Morgan fingerprint density at radius 2 is 2.05 bits per heavy atom. The molecule has 0 aliphatic carbocycles. The predicted molar refractivity (Wildman–Crippen MR) is 87.5 cm³/mol. The highest BCUT2D eigenvalue weighted by Gasteiger charge is 2.22. The molecule has 0 aliphatic rings. The molecule has 1 N–H and O–H groups in total. The molecule has 7 heteroatoms. The molecule has 0 saturated heterocycles. The van der Waals surface area contributed by atoms with Crippen molar-refractivity contribution < 1.29 is 13.2 Å². The monoisotopic (exact) mass is 334 g/mol. The third kappa shape index (κ3) is 6.04. The summed E-state index contributed by atoms with van der Waals surface area (Å²) in [7, 11) is -1.79. The van der Waals surface area contributed by atoms with Gasteiger partial charge < -0.3 is 10.1 Å². The van der Waals surface area contributed by atoms with Gasteiger partial charge in [0.05, 0.1) is 6.61 Å². The van der Waals surface area contributed by atoms with Crippen LogP contribution in [0.3, 0.4) is 0 Å². The van der Waals surface area contributed by atoms with Crippen LogP contribution in [0.25, 0.3) is 0 Å². The van der Waals surface area contributed by atoms with Crippen molar-refractivity contribution in [2.45, 2.75) is 30.9 Å². The fraction of sp³-hybridized carbons (Fsp3) is 0.714. The smallest absolute Gasteiger partial charge is 0.252 e. The van der Waals surface area contributed by atoms with E-state index in [1.54, 1.807) is 13.1 Å². The molecule has 21 heavy (non-hydrogen) atoms. The van der Waals surface area contributed by atoms with Gasteiger partial charge in [0.2, 0.25) is 0 Å². The lowest BCUT2D eigenvalue weighted by Crippen LogP contribution is -2.29. The minimum Gasteiger partial charge on any atom is -0.380 e. The number of nitrogens with one attached hydrogen (secondary N) is 1. The van der Waals surface area contributed by atoms with E-state index < -0.39 is 10.0 Å². The Hall–Kier alpha value is -0.470. The molecule has 0 bridgehead atoms. The maximum Gasteiger partial charge on any atom is 0.252 e. The van der Waals surface area contributed by atoms with E-state index in [2.05, 4.69) is 12.2 Å². The van der Waals surface area contributed by atoms with Gasteiger partial charge in [0, 0.05) is 25.1 Å². The van der Waals surface area contributed by atoms with Crippen molar-refractivity contribution in [1.29, 1.82) is 0 Å². The molecule has 0 spiro atoms. The zero-order valence-corrected chi connectivity index (χ0v) is 14.7. The summed E-state index contributed by atoms with van der Waals surface area (Å²) in [6.45, 7) is 7.30. The van der Waals surface area contributed by atoms with Crippen molar-refractivity contribution in [3.63, 3.8) is 0 Å². The van der Waals surface area contributed by atoms with Crippen LogP contribution in [-0.4, -0.2) is 52.6 Å². The lowest BCUT2D eigenvalue weighted by atomic mass is 10.3. The van der Waals surface area contributed by atoms with E-state index in [0.717, 1.165) is 30.8 Å². The minimum absolute atomic E-state index is 0.376. The fourth-order valence-electron chi connectivity index (χ4n) is 1.76. The van der Waals surface area contributed by atoms with Gasteiger partial charge in [-0.25, -0.2) is 8.42 Å². The van der Waals surface area contributed by atoms with Gasteiger partial charge in [-0.2, -0.15) is 4.31 Å². The van der Waals surface area contributed by atoms with Crippen LogP contribution >= 0.6 is 11.3 Å². The summed E-state index contributed by atoms with van der Waals surface area (Å²) in [4.78, 5) is 1.09. The van der Waals surface area contributed by atoms with Gasteiger partial charge in [-0.3, -0.25) is 0 Å². The Morgan fingerprint density at radius 1 is 1.29 bits per heavy atom. The predicted octanol–water partition coefficient (Wildman–Crippen LogP) is 1.95. The highest BCUT2D eigenvalue weighted by atomic mass is 32.2. The molecule has 1 aromatic rings. The van der Waals surface area contributed by atoms with Crippen molar-refractivity contribution in [1.82, 2.24) is 9.62 Å². The SMILES string of the molecule is CCCNCCc1ccc(S(=O)(=O)N(C)CCOCC)s1. The van der Waals surface area contributed by atoms with E-state index in [4.69, 9.17) is 4.74 Å². The lowest BCUT2D eigenvalue weighted by Gasteiger charge is -2.15. The summed E-state index contributed by atoms with van der Waals surface area (Å²) in [6.07, 6.45) is 1.97. The standard InChI is InChI=1S/C14H26N2O3S2/c1-4-9-15-10-8-13-6-7-14(20-13)21(17,18)16(3)11-12-19-5-2/h6-7,15H,4-5,8-12H2,1-3H3. The second-order valence-electron chi connectivity index (χ2n) is 4.74. The van der Waals surface area contributed by atoms with Crippen LogP contribution in [0.5, 0.6) is 0 Å². The largest absolute Gasteiger partial charge is 0.380 e. The molecule has 0 amide bonds. The maximum atomic E-state index is 12.4. The van der Waals surface area contributed by atoms with Crippen LogP contribution in [0.2, 0.25) is 0 Å². The summed E-state index contributed by atoms with van der Waals surface area (Å²) in [5, 5.41) is 3.32. The summed E-state index contributed by atoms with van der Waals surface area (Å²) in [5.74, 6) is 0. The zero-order chi connectivity index (χ0) is 15.7. The van der Waals surface area contributed by atoms with Crippen molar-refractivity contribution >= 4 is 21.4 Å². The Labute approximate surface area is 132 Å². The van der Waals surface area contributed by atoms with Gasteiger partial charge in [0.15, 0.2) is 0 Å². The summed E-state index contributed by atoms with van der Waals surface area (Å²) < 4.78 is 31.7. The molecule has 0 aliphatic heterocycles. The number of nitrogens with zero attached hydrogens (tertiary/aromatic N) is 1. The Kier molecular flexibility index (Phi) is 8.43. The van der Waals surface area contributed by atoms with Gasteiger partial charge in [0.25, 0.3) is 10.0 Å². The zero-order valence-electron chi connectivity index (χ0n) is 13.1. The average molecular weight is 335 g/mol. The third-order valence-corrected chi connectivity index (χ3v) is 6.50. The first-order valence-electron chi connectivity index (χ1n) is 7.35. The molecule has 0 aromatic carbocycles. The van der Waals surface area contributed by atoms with Crippen LogP contribution in [0.4, 0.5) is 0 Å². The van der Waals surface area contributed by atoms with Gasteiger partial charge in [-0.15, -0.1) is 11.3 Å². The maximum absolute atomic E-state index is 12.4. The third-order valence-electron chi connectivity index (χ3n) is 3.03. The summed E-state index contributed by atoms with van der Waals surface area (Å²) in [6, 6.07) is 3.61. The van der Waals surface area contributed by atoms with Crippen molar-refractivity contribution in [2.24, 2.45) is 0 Å². The van der Waals surface area contributed by atoms with Gasteiger partial charge >= 0.3 is 0 Å². The van der Waals surface area contributed by atoms with E-state index in [1.165, 1.54) is 15.6 Å². The molecule has 1 rings (SSSR count). The van der Waals surface area contributed by atoms with Crippen LogP contribution < -0.4 is 5.32 Å². The number of thiophene rings is 1. The van der Waals surface area contributed by atoms with E-state index in [0.29, 0.717) is 24.0 Å². The highest BCUT2D eigenvalue weighted by molar-refractivity contribution is 7.91. The Balaban J connectivity index is 2.56. The fourth-order valence-corrected chi connectivity index (χ4v) is 4.48. The number of sulfonamides is 1. The van der Waals surface area contributed by atoms with E-state index in [-0.39, 0.29) is 0 Å². The molecule has 1 aromatic heterocycles. The highest BCUT2D eigenvalue weighted by Crippen LogP contribution is 2.24. The molecule has 122 valence electrons. The van der Waals surface area contributed by atoms with E-state index in [9.17, 15) is 8.42 Å². The summed E-state index contributed by atoms with van der Waals surface area (Å²) in [5.41, 5.74) is 0. The molecular formula is C14H26N2O3S2. The number of likely N-dealkylation sites (N-methyl/N-ethyl adjacent to an activating group) is 1. The average Bonchev–Trinajstić information content (AvgIpc) is 2.93. The number of ether oxygens (including phenoxy) is 1. The van der Waals surface area contributed by atoms with Crippen molar-refractivity contribution in [3.05, 3.63) is 17.0 Å². The first-order valence-corrected chi connectivity index (χ1v) is 9.61. The molecule has 0 fully saturated rings. The minimum atomic E-state index is -3.38. The Bertz CT molecular complexity index is 500. The number of rotatable bonds is 11. The normalized spacial score (nSPS) is 12.2. The molecule has 5 nitrogen and oxygen atoms in total. The summed E-state index contributed by atoms with van der Waals surface area (Å²) >= 11 is 1.35. The molecule has 1 heterocycles. The van der Waals surface area contributed by atoms with Crippen LogP contribution in [0, 0.1) is 0 Å². The first-order chi connectivity index (χ1) is 10.0. The van der Waals surface area contributed by atoms with Gasteiger partial charge in [-0.1, -0.05) is 6.92 Å². The van der Waals surface area contributed by atoms with Crippen molar-refractivity contribution in [2.75, 3.05) is 39.9 Å². The molecule has 0 radical (unpaired) electrons. The molecule has 0 unspecified atom stereocenters. The topological polar surface area (TPSA) is 58.6 Å². The van der Waals surface area contributed by atoms with E-state index in [1.807, 2.05) is 13.0 Å². The number of hydrogen-bond donors (Lipinski definition) is 1.